The quantitative estimate of drug-likeness (QED) is 0.521. The molecule has 0 saturated carbocycles. The highest BCUT2D eigenvalue weighted by Crippen LogP contribution is 2.28. The van der Waals surface area contributed by atoms with Crippen molar-refractivity contribution in [1.82, 2.24) is 10.6 Å². The lowest BCUT2D eigenvalue weighted by Gasteiger charge is -2.51. The number of rotatable bonds is 0. The Hall–Kier alpha value is -0.120. The molecule has 0 aliphatic carbocycles. The topological polar surface area (TPSA) is 33.3 Å². The highest BCUT2D eigenvalue weighted by atomic mass is 16.5. The van der Waals surface area contributed by atoms with Gasteiger partial charge in [-0.15, -0.1) is 0 Å². The van der Waals surface area contributed by atoms with Crippen molar-refractivity contribution in [3.63, 3.8) is 0 Å². The average molecular weight is 156 g/mol. The molecule has 0 bridgehead atoms. The van der Waals surface area contributed by atoms with E-state index in [1.54, 1.807) is 0 Å². The molecule has 0 atom stereocenters. The summed E-state index contributed by atoms with van der Waals surface area (Å²) >= 11 is 0. The molecular weight excluding hydrogens is 140 g/mol. The van der Waals surface area contributed by atoms with Crippen LogP contribution >= 0.6 is 0 Å². The van der Waals surface area contributed by atoms with Gasteiger partial charge in [0.15, 0.2) is 0 Å². The molecule has 0 aromatic rings. The summed E-state index contributed by atoms with van der Waals surface area (Å²) in [6.45, 7) is 7.31. The highest BCUT2D eigenvalue weighted by molar-refractivity contribution is 4.97. The molecule has 2 rings (SSSR count). The van der Waals surface area contributed by atoms with Crippen LogP contribution in [0.1, 0.15) is 20.3 Å². The third-order valence-electron chi connectivity index (χ3n) is 2.47. The second kappa shape index (κ2) is 2.19. The highest BCUT2D eigenvalue weighted by Gasteiger charge is 2.44. The molecule has 0 unspecified atom stereocenters. The third-order valence-corrected chi connectivity index (χ3v) is 2.47. The van der Waals surface area contributed by atoms with Crippen LogP contribution in [0.5, 0.6) is 0 Å². The van der Waals surface area contributed by atoms with Crippen LogP contribution in [0.15, 0.2) is 0 Å². The normalized spacial score (nSPS) is 33.3. The fourth-order valence-corrected chi connectivity index (χ4v) is 1.76. The van der Waals surface area contributed by atoms with E-state index in [9.17, 15) is 0 Å². The Bertz CT molecular complexity index is 163. The first-order chi connectivity index (χ1) is 5.12. The molecule has 0 amide bonds. The van der Waals surface area contributed by atoms with Gasteiger partial charge in [0.25, 0.3) is 0 Å². The third kappa shape index (κ3) is 1.28. The van der Waals surface area contributed by atoms with Gasteiger partial charge in [-0.1, -0.05) is 0 Å². The van der Waals surface area contributed by atoms with Crippen LogP contribution in [0, 0.1) is 0 Å². The number of hydrogen-bond acceptors (Lipinski definition) is 3. The Morgan fingerprint density at radius 2 is 2.00 bits per heavy atom. The van der Waals surface area contributed by atoms with E-state index in [1.807, 2.05) is 0 Å². The number of hydrogen-bond donors (Lipinski definition) is 2. The van der Waals surface area contributed by atoms with E-state index in [0.29, 0.717) is 0 Å². The zero-order valence-electron chi connectivity index (χ0n) is 7.24. The van der Waals surface area contributed by atoms with Gasteiger partial charge in [0.2, 0.25) is 0 Å². The first kappa shape index (κ1) is 7.53. The predicted octanol–water partition coefficient (Wildman–Crippen LogP) is 0.0744. The molecule has 3 nitrogen and oxygen atoms in total. The zero-order valence-corrected chi connectivity index (χ0v) is 7.24. The van der Waals surface area contributed by atoms with Gasteiger partial charge < -0.3 is 10.1 Å². The molecular formula is C8H16N2O. The van der Waals surface area contributed by atoms with E-state index in [2.05, 4.69) is 24.5 Å². The minimum absolute atomic E-state index is 0.0260. The molecule has 0 aromatic heterocycles. The Labute approximate surface area is 67.5 Å². The summed E-state index contributed by atoms with van der Waals surface area (Å²) in [6, 6.07) is 0. The first-order valence-corrected chi connectivity index (χ1v) is 4.28. The van der Waals surface area contributed by atoms with Crippen molar-refractivity contribution in [1.29, 1.82) is 0 Å². The first-order valence-electron chi connectivity index (χ1n) is 4.28. The summed E-state index contributed by atoms with van der Waals surface area (Å²) < 4.78 is 5.92. The van der Waals surface area contributed by atoms with Gasteiger partial charge in [-0.2, -0.15) is 0 Å². The maximum absolute atomic E-state index is 5.92. The molecule has 2 aliphatic heterocycles. The maximum Gasteiger partial charge on any atom is 0.145 e. The van der Waals surface area contributed by atoms with Crippen LogP contribution in [0.3, 0.4) is 0 Å². The van der Waals surface area contributed by atoms with E-state index in [4.69, 9.17) is 4.74 Å². The smallest absolute Gasteiger partial charge is 0.145 e. The van der Waals surface area contributed by atoms with Crippen LogP contribution in [0.2, 0.25) is 0 Å². The Kier molecular flexibility index (Phi) is 1.50. The number of ether oxygens (including phenoxy) is 1. The lowest BCUT2D eigenvalue weighted by atomic mass is 9.97. The van der Waals surface area contributed by atoms with E-state index in [0.717, 1.165) is 26.1 Å². The molecule has 1 spiro atoms. The lowest BCUT2D eigenvalue weighted by Crippen LogP contribution is -2.73. The fraction of sp³-hybridized carbons (Fsp3) is 1.00. The molecule has 0 radical (unpaired) electrons. The summed E-state index contributed by atoms with van der Waals surface area (Å²) in [5.74, 6) is 0. The summed E-state index contributed by atoms with van der Waals surface area (Å²) in [5.41, 5.74) is 0.0368. The summed E-state index contributed by atoms with van der Waals surface area (Å²) in [6.07, 6.45) is 1.11. The second-order valence-corrected chi connectivity index (χ2v) is 4.14. The number of nitrogens with one attached hydrogen (secondary N) is 2. The lowest BCUT2D eigenvalue weighted by molar-refractivity contribution is -0.205. The molecule has 2 fully saturated rings. The van der Waals surface area contributed by atoms with E-state index >= 15 is 0 Å². The SMILES string of the molecule is CC1(C)CCNC2(CNC2)O1. The maximum atomic E-state index is 5.92. The van der Waals surface area contributed by atoms with Crippen LogP contribution in [-0.2, 0) is 4.74 Å². The second-order valence-electron chi connectivity index (χ2n) is 4.14. The average Bonchev–Trinajstić information content (AvgIpc) is 1.82. The van der Waals surface area contributed by atoms with Crippen molar-refractivity contribution < 1.29 is 4.74 Å². The van der Waals surface area contributed by atoms with Crippen molar-refractivity contribution >= 4 is 0 Å². The molecule has 0 aromatic carbocycles. The standard InChI is InChI=1S/C8H16N2O/c1-7(2)3-4-10-8(11-7)5-9-6-8/h9-10H,3-6H2,1-2H3. The molecule has 3 heteroatoms. The summed E-state index contributed by atoms with van der Waals surface area (Å²) in [7, 11) is 0. The molecule has 2 saturated heterocycles. The minimum Gasteiger partial charge on any atom is -0.352 e. The molecule has 2 heterocycles. The van der Waals surface area contributed by atoms with Crippen LogP contribution < -0.4 is 10.6 Å². The van der Waals surface area contributed by atoms with Gasteiger partial charge >= 0.3 is 0 Å². The van der Waals surface area contributed by atoms with Crippen molar-refractivity contribution in [2.75, 3.05) is 19.6 Å². The van der Waals surface area contributed by atoms with Crippen molar-refractivity contribution in [2.45, 2.75) is 31.6 Å². The van der Waals surface area contributed by atoms with Crippen LogP contribution in [0.4, 0.5) is 0 Å². The fourth-order valence-electron chi connectivity index (χ4n) is 1.76. The zero-order chi connectivity index (χ0) is 7.95. The van der Waals surface area contributed by atoms with Crippen molar-refractivity contribution in [3.05, 3.63) is 0 Å². The van der Waals surface area contributed by atoms with Gasteiger partial charge in [0.05, 0.1) is 5.60 Å². The Morgan fingerprint density at radius 3 is 2.36 bits per heavy atom. The Morgan fingerprint density at radius 1 is 1.27 bits per heavy atom. The van der Waals surface area contributed by atoms with Crippen molar-refractivity contribution in [2.24, 2.45) is 0 Å². The van der Waals surface area contributed by atoms with E-state index < -0.39 is 0 Å². The van der Waals surface area contributed by atoms with Gasteiger partial charge in [-0.25, -0.2) is 0 Å². The van der Waals surface area contributed by atoms with Crippen molar-refractivity contribution in [3.8, 4) is 0 Å². The van der Waals surface area contributed by atoms with Crippen LogP contribution in [0.25, 0.3) is 0 Å². The summed E-state index contributed by atoms with van der Waals surface area (Å²) in [4.78, 5) is 0. The molecule has 2 N–H and O–H groups in total. The van der Waals surface area contributed by atoms with Gasteiger partial charge in [0, 0.05) is 19.6 Å². The molecule has 64 valence electrons. The van der Waals surface area contributed by atoms with Gasteiger partial charge in [0.1, 0.15) is 5.72 Å². The van der Waals surface area contributed by atoms with Gasteiger partial charge in [-0.3, -0.25) is 5.32 Å². The largest absolute Gasteiger partial charge is 0.352 e. The van der Waals surface area contributed by atoms with E-state index in [-0.39, 0.29) is 11.3 Å². The van der Waals surface area contributed by atoms with E-state index in [1.165, 1.54) is 0 Å². The van der Waals surface area contributed by atoms with Gasteiger partial charge in [-0.05, 0) is 20.3 Å². The predicted molar refractivity (Wildman–Crippen MR) is 43.4 cm³/mol. The summed E-state index contributed by atoms with van der Waals surface area (Å²) in [5, 5.41) is 6.62. The molecule has 2 aliphatic rings. The molecule has 11 heavy (non-hydrogen) atoms. The Balaban J connectivity index is 2.03. The monoisotopic (exact) mass is 156 g/mol. The van der Waals surface area contributed by atoms with Crippen LogP contribution in [-0.4, -0.2) is 31.0 Å². The minimum atomic E-state index is -0.0260.